The fourth-order valence-electron chi connectivity index (χ4n) is 6.12. The largest absolute Gasteiger partial charge is 0.429 e. The fraction of sp³-hybridized carbons (Fsp3) is 0.655. The summed E-state index contributed by atoms with van der Waals surface area (Å²) in [5.74, 6) is 0.361. The zero-order chi connectivity index (χ0) is 28.4. The van der Waals surface area contributed by atoms with Gasteiger partial charge in [0.2, 0.25) is 0 Å². The Hall–Kier alpha value is -1.84. The first kappa shape index (κ1) is 30.7. The van der Waals surface area contributed by atoms with E-state index in [1.165, 1.54) is 11.1 Å². The second-order valence-corrected chi connectivity index (χ2v) is 11.1. The molecule has 0 aliphatic heterocycles. The number of fused-ring (bicyclic) bond motifs is 1. The monoisotopic (exact) mass is 548 g/mol. The van der Waals surface area contributed by atoms with Crippen LogP contribution in [-0.2, 0) is 0 Å². The van der Waals surface area contributed by atoms with Crippen molar-refractivity contribution < 1.29 is 41.7 Å². The molecule has 0 amide bonds. The summed E-state index contributed by atoms with van der Waals surface area (Å²) >= 11 is 0. The highest BCUT2D eigenvalue weighted by Crippen LogP contribution is 2.56. The molecule has 0 bridgehead atoms. The van der Waals surface area contributed by atoms with Gasteiger partial charge >= 0.3 is 12.4 Å². The second-order valence-electron chi connectivity index (χ2n) is 11.1. The molecule has 38 heavy (non-hydrogen) atoms. The number of allylic oxidation sites excluding steroid dienone is 6. The van der Waals surface area contributed by atoms with Crippen LogP contribution in [0.4, 0.5) is 26.3 Å². The Morgan fingerprint density at radius 2 is 1.74 bits per heavy atom. The van der Waals surface area contributed by atoms with Crippen LogP contribution in [0.25, 0.3) is 0 Å². The molecule has 0 aromatic heterocycles. The standard InChI is InChI=1S/C29H38F6O3/c1-19-21(17-23(36)18-25(19)37)12-11-20-9-8-15-26(2)22(13-14-24(20)26)10-6-4-3-5-7-16-27(38,28(30,31)32)29(33,34)35/h7,11-13,16,23-25,36-38H,1,3-6,8-10,14-15,17-18H2,2H3/b16-7+,20-11+,21-12-/t23-,24+,25+,26-/m1/s1. The molecular formula is C29H38F6O3. The van der Waals surface area contributed by atoms with E-state index in [-0.39, 0.29) is 17.9 Å². The summed E-state index contributed by atoms with van der Waals surface area (Å²) < 4.78 is 76.4. The average Bonchev–Trinajstić information content (AvgIpc) is 3.14. The zero-order valence-corrected chi connectivity index (χ0v) is 21.7. The topological polar surface area (TPSA) is 60.7 Å². The molecule has 0 spiro atoms. The number of unbranched alkanes of at least 4 members (excludes halogenated alkanes) is 3. The Morgan fingerprint density at radius 3 is 2.39 bits per heavy atom. The minimum absolute atomic E-state index is 0.0149. The SMILES string of the molecule is C=C1/C(=C\C=C2/CCC[C@]3(C)C(CCCCC/C=C/C(O)(C(F)(F)F)C(F)(F)F)=CC[C@@H]23)C[C@@H](O)C[C@@H]1O. The minimum Gasteiger partial charge on any atom is -0.393 e. The van der Waals surface area contributed by atoms with E-state index in [2.05, 4.69) is 25.7 Å². The molecule has 3 aliphatic rings. The quantitative estimate of drug-likeness (QED) is 0.168. The van der Waals surface area contributed by atoms with Gasteiger partial charge in [-0.3, -0.25) is 0 Å². The third-order valence-electron chi connectivity index (χ3n) is 8.52. The van der Waals surface area contributed by atoms with Crippen molar-refractivity contribution in [3.63, 3.8) is 0 Å². The number of alkyl halides is 6. The van der Waals surface area contributed by atoms with Gasteiger partial charge in [-0.15, -0.1) is 0 Å². The number of aliphatic hydroxyl groups is 3. The third-order valence-corrected chi connectivity index (χ3v) is 8.52. The van der Waals surface area contributed by atoms with Gasteiger partial charge in [-0.25, -0.2) is 0 Å². The predicted octanol–water partition coefficient (Wildman–Crippen LogP) is 7.41. The third kappa shape index (κ3) is 6.48. The van der Waals surface area contributed by atoms with Crippen LogP contribution in [0.2, 0.25) is 0 Å². The van der Waals surface area contributed by atoms with Crippen molar-refractivity contribution in [2.75, 3.05) is 0 Å². The first-order chi connectivity index (χ1) is 17.6. The Balaban J connectivity index is 1.53. The maximum atomic E-state index is 12.7. The Kier molecular flexibility index (Phi) is 9.47. The lowest BCUT2D eigenvalue weighted by molar-refractivity contribution is -0.347. The number of halogens is 6. The number of aliphatic hydroxyl groups excluding tert-OH is 2. The van der Waals surface area contributed by atoms with E-state index in [0.29, 0.717) is 37.2 Å². The van der Waals surface area contributed by atoms with Crippen molar-refractivity contribution in [2.45, 2.75) is 108 Å². The van der Waals surface area contributed by atoms with Gasteiger partial charge in [0.1, 0.15) is 0 Å². The van der Waals surface area contributed by atoms with E-state index >= 15 is 0 Å². The van der Waals surface area contributed by atoms with Crippen LogP contribution in [0.1, 0.15) is 77.6 Å². The van der Waals surface area contributed by atoms with Crippen LogP contribution in [0.3, 0.4) is 0 Å². The van der Waals surface area contributed by atoms with Gasteiger partial charge in [-0.1, -0.05) is 55.4 Å². The van der Waals surface area contributed by atoms with Crippen LogP contribution < -0.4 is 0 Å². The summed E-state index contributed by atoms with van der Waals surface area (Å²) in [4.78, 5) is 0. The number of hydrogen-bond acceptors (Lipinski definition) is 3. The summed E-state index contributed by atoms with van der Waals surface area (Å²) in [5, 5.41) is 29.3. The highest BCUT2D eigenvalue weighted by Gasteiger charge is 2.68. The van der Waals surface area contributed by atoms with Gasteiger partial charge in [0.15, 0.2) is 0 Å². The lowest BCUT2D eigenvalue weighted by Crippen LogP contribution is -2.55. The number of rotatable bonds is 8. The van der Waals surface area contributed by atoms with Crippen molar-refractivity contribution in [3.8, 4) is 0 Å². The minimum atomic E-state index is -5.83. The van der Waals surface area contributed by atoms with Crippen molar-refractivity contribution in [1.82, 2.24) is 0 Å². The first-order valence-corrected chi connectivity index (χ1v) is 13.3. The molecule has 0 heterocycles. The van der Waals surface area contributed by atoms with Crippen LogP contribution in [-0.4, -0.2) is 45.5 Å². The molecule has 4 atom stereocenters. The molecule has 2 saturated carbocycles. The smallest absolute Gasteiger partial charge is 0.393 e. The van der Waals surface area contributed by atoms with Gasteiger partial charge < -0.3 is 15.3 Å². The molecule has 0 radical (unpaired) electrons. The van der Waals surface area contributed by atoms with Gasteiger partial charge in [0, 0.05) is 6.42 Å². The number of hydrogen-bond donors (Lipinski definition) is 3. The van der Waals surface area contributed by atoms with Crippen LogP contribution in [0, 0.1) is 11.3 Å². The van der Waals surface area contributed by atoms with Crippen molar-refractivity contribution in [2.24, 2.45) is 11.3 Å². The summed E-state index contributed by atoms with van der Waals surface area (Å²) in [6.45, 7) is 6.24. The lowest BCUT2D eigenvalue weighted by Gasteiger charge is -2.41. The van der Waals surface area contributed by atoms with E-state index in [1.54, 1.807) is 0 Å². The van der Waals surface area contributed by atoms with E-state index < -0.39 is 30.2 Å². The fourth-order valence-corrected chi connectivity index (χ4v) is 6.12. The van der Waals surface area contributed by atoms with E-state index in [4.69, 9.17) is 5.11 Å². The molecule has 0 aromatic rings. The van der Waals surface area contributed by atoms with E-state index in [1.807, 2.05) is 6.08 Å². The molecule has 214 valence electrons. The maximum Gasteiger partial charge on any atom is 0.429 e. The van der Waals surface area contributed by atoms with Crippen molar-refractivity contribution in [3.05, 3.63) is 59.3 Å². The van der Waals surface area contributed by atoms with Gasteiger partial charge in [-0.2, -0.15) is 26.3 Å². The summed E-state index contributed by atoms with van der Waals surface area (Å²) in [6.07, 6.45) is 1.48. The van der Waals surface area contributed by atoms with E-state index in [0.717, 1.165) is 50.2 Å². The molecular weight excluding hydrogens is 510 g/mol. The summed E-state index contributed by atoms with van der Waals surface area (Å²) in [6, 6.07) is 0. The molecule has 3 N–H and O–H groups in total. The van der Waals surface area contributed by atoms with Crippen LogP contribution in [0.15, 0.2) is 59.3 Å². The lowest BCUT2D eigenvalue weighted by atomic mass is 9.63. The molecule has 3 nitrogen and oxygen atoms in total. The molecule has 3 aliphatic carbocycles. The van der Waals surface area contributed by atoms with Gasteiger partial charge in [-0.05, 0) is 86.3 Å². The summed E-state index contributed by atoms with van der Waals surface area (Å²) in [5.41, 5.74) is -0.586. The molecule has 0 unspecified atom stereocenters. The Bertz CT molecular complexity index is 973. The highest BCUT2D eigenvalue weighted by molar-refractivity contribution is 5.40. The van der Waals surface area contributed by atoms with Gasteiger partial charge in [0.05, 0.1) is 12.2 Å². The average molecular weight is 549 g/mol. The molecule has 0 aromatic carbocycles. The predicted molar refractivity (Wildman–Crippen MR) is 134 cm³/mol. The Morgan fingerprint density at radius 1 is 1.05 bits per heavy atom. The molecule has 0 saturated heterocycles. The maximum absolute atomic E-state index is 12.7. The Labute approximate surface area is 220 Å². The first-order valence-electron chi connectivity index (χ1n) is 13.3. The van der Waals surface area contributed by atoms with E-state index in [9.17, 15) is 36.6 Å². The normalized spacial score (nSPS) is 31.4. The van der Waals surface area contributed by atoms with Crippen molar-refractivity contribution >= 4 is 0 Å². The van der Waals surface area contributed by atoms with Crippen LogP contribution in [0.5, 0.6) is 0 Å². The van der Waals surface area contributed by atoms with Crippen LogP contribution >= 0.6 is 0 Å². The highest BCUT2D eigenvalue weighted by atomic mass is 19.4. The second kappa shape index (κ2) is 11.7. The van der Waals surface area contributed by atoms with Crippen molar-refractivity contribution in [1.29, 1.82) is 0 Å². The molecule has 3 rings (SSSR count). The molecule has 9 heteroatoms. The van der Waals surface area contributed by atoms with Gasteiger partial charge in [0.25, 0.3) is 5.60 Å². The molecule has 2 fully saturated rings. The summed E-state index contributed by atoms with van der Waals surface area (Å²) in [7, 11) is 0. The zero-order valence-electron chi connectivity index (χ0n) is 21.7.